The van der Waals surface area contributed by atoms with Crippen LogP contribution in [0.15, 0.2) is 24.3 Å². The minimum absolute atomic E-state index is 0.314. The van der Waals surface area contributed by atoms with Crippen LogP contribution in [-0.2, 0) is 11.2 Å². The van der Waals surface area contributed by atoms with Gasteiger partial charge in [-0.15, -0.1) is 0 Å². The number of methoxy groups -OCH3 is 1. The summed E-state index contributed by atoms with van der Waals surface area (Å²) in [6, 6.07) is 8.35. The topological polar surface area (TPSA) is 41.9 Å². The number of aliphatic hydroxyl groups is 1. The average molecular weight is 281 g/mol. The number of ether oxygens (including phenoxy) is 2. The largest absolute Gasteiger partial charge is 0.491 e. The molecule has 0 aliphatic rings. The number of hydrogen-bond donors (Lipinski definition) is 1. The van der Waals surface area contributed by atoms with Crippen molar-refractivity contribution in [2.75, 3.05) is 33.9 Å². The molecule has 0 saturated heterocycles. The zero-order valence-corrected chi connectivity index (χ0v) is 13.0. The minimum atomic E-state index is -0.476. The maximum Gasteiger partial charge on any atom is 0.119 e. The summed E-state index contributed by atoms with van der Waals surface area (Å²) in [7, 11) is 3.70. The van der Waals surface area contributed by atoms with Crippen LogP contribution in [0.25, 0.3) is 0 Å². The molecule has 0 fully saturated rings. The lowest BCUT2D eigenvalue weighted by Crippen LogP contribution is -2.36. The van der Waals surface area contributed by atoms with E-state index >= 15 is 0 Å². The van der Waals surface area contributed by atoms with Gasteiger partial charge in [0.15, 0.2) is 0 Å². The average Bonchev–Trinajstić information content (AvgIpc) is 2.43. The van der Waals surface area contributed by atoms with Crippen molar-refractivity contribution < 1.29 is 14.6 Å². The molecular weight excluding hydrogens is 254 g/mol. The van der Waals surface area contributed by atoms with Gasteiger partial charge in [0.05, 0.1) is 6.61 Å². The van der Waals surface area contributed by atoms with Gasteiger partial charge in [0.2, 0.25) is 0 Å². The van der Waals surface area contributed by atoms with Crippen molar-refractivity contribution in [2.45, 2.75) is 32.4 Å². The van der Waals surface area contributed by atoms with Crippen molar-refractivity contribution in [3.8, 4) is 5.75 Å². The molecule has 0 radical (unpaired) electrons. The second-order valence-electron chi connectivity index (χ2n) is 5.38. The zero-order chi connectivity index (χ0) is 15.0. The Morgan fingerprint density at radius 3 is 2.40 bits per heavy atom. The van der Waals surface area contributed by atoms with Crippen LogP contribution in [0.1, 0.15) is 19.4 Å². The van der Waals surface area contributed by atoms with Gasteiger partial charge in [0, 0.05) is 19.7 Å². The fraction of sp³-hybridized carbons (Fsp3) is 0.625. The van der Waals surface area contributed by atoms with E-state index in [1.807, 2.05) is 31.3 Å². The summed E-state index contributed by atoms with van der Waals surface area (Å²) in [4.78, 5) is 2.10. The lowest BCUT2D eigenvalue weighted by molar-refractivity contribution is 0.0678. The zero-order valence-electron chi connectivity index (χ0n) is 13.0. The third-order valence-corrected chi connectivity index (χ3v) is 3.34. The van der Waals surface area contributed by atoms with Crippen molar-refractivity contribution in [1.29, 1.82) is 0 Å². The minimum Gasteiger partial charge on any atom is -0.491 e. The molecular formula is C16H27NO3. The molecule has 0 aliphatic heterocycles. The summed E-state index contributed by atoms with van der Waals surface area (Å²) in [5.41, 5.74) is 1.22. The Morgan fingerprint density at radius 2 is 1.85 bits per heavy atom. The Morgan fingerprint density at radius 1 is 1.20 bits per heavy atom. The lowest BCUT2D eigenvalue weighted by atomic mass is 10.1. The first-order valence-electron chi connectivity index (χ1n) is 7.12. The Hall–Kier alpha value is -1.10. The molecule has 4 heteroatoms. The molecule has 0 spiro atoms. The molecule has 0 heterocycles. The van der Waals surface area contributed by atoms with E-state index in [9.17, 15) is 5.11 Å². The number of hydrogen-bond acceptors (Lipinski definition) is 4. The highest BCUT2D eigenvalue weighted by Crippen LogP contribution is 2.13. The van der Waals surface area contributed by atoms with Crippen LogP contribution < -0.4 is 4.74 Å². The monoisotopic (exact) mass is 281 g/mol. The van der Waals surface area contributed by atoms with Crippen LogP contribution in [0, 0.1) is 0 Å². The van der Waals surface area contributed by atoms with Crippen LogP contribution in [0.4, 0.5) is 0 Å². The van der Waals surface area contributed by atoms with Gasteiger partial charge in [-0.2, -0.15) is 0 Å². The second-order valence-corrected chi connectivity index (χ2v) is 5.38. The summed E-state index contributed by atoms with van der Waals surface area (Å²) in [5.74, 6) is 0.789. The van der Waals surface area contributed by atoms with Crippen LogP contribution >= 0.6 is 0 Å². The second kappa shape index (κ2) is 8.95. The van der Waals surface area contributed by atoms with Crippen LogP contribution in [-0.4, -0.2) is 56.1 Å². The Balaban J connectivity index is 2.34. The first kappa shape index (κ1) is 17.0. The Bertz CT molecular complexity index is 364. The molecule has 0 bridgehead atoms. The quantitative estimate of drug-likeness (QED) is 0.751. The molecule has 1 unspecified atom stereocenters. The summed E-state index contributed by atoms with van der Waals surface area (Å²) < 4.78 is 10.6. The van der Waals surface area contributed by atoms with Gasteiger partial charge < -0.3 is 19.5 Å². The van der Waals surface area contributed by atoms with E-state index < -0.39 is 6.10 Å². The number of aliphatic hydroxyl groups excluding tert-OH is 1. The van der Waals surface area contributed by atoms with E-state index in [2.05, 4.69) is 18.7 Å². The highest BCUT2D eigenvalue weighted by Gasteiger charge is 2.11. The predicted octanol–water partition coefficient (Wildman–Crippen LogP) is 1.96. The predicted molar refractivity (Wildman–Crippen MR) is 81.3 cm³/mol. The standard InChI is InChI=1S/C16H27NO3/c1-13(2)17(3)11-15(18)12-20-16-7-5-14(6-8-16)9-10-19-4/h5-8,13,15,18H,9-12H2,1-4H3. The third-order valence-electron chi connectivity index (χ3n) is 3.34. The Kier molecular flexibility index (Phi) is 7.59. The van der Waals surface area contributed by atoms with Crippen molar-refractivity contribution in [3.63, 3.8) is 0 Å². The molecule has 0 aromatic heterocycles. The van der Waals surface area contributed by atoms with E-state index in [0.29, 0.717) is 19.2 Å². The Labute approximate surface area is 122 Å². The summed E-state index contributed by atoms with van der Waals surface area (Å²) >= 11 is 0. The van der Waals surface area contributed by atoms with E-state index in [-0.39, 0.29) is 0 Å². The summed E-state index contributed by atoms with van der Waals surface area (Å²) in [6.45, 7) is 5.86. The van der Waals surface area contributed by atoms with Gasteiger partial charge >= 0.3 is 0 Å². The molecule has 20 heavy (non-hydrogen) atoms. The molecule has 0 saturated carbocycles. The molecule has 1 rings (SSSR count). The van der Waals surface area contributed by atoms with Crippen molar-refractivity contribution in [1.82, 2.24) is 4.90 Å². The highest BCUT2D eigenvalue weighted by molar-refractivity contribution is 5.27. The van der Waals surface area contributed by atoms with E-state index in [0.717, 1.165) is 18.8 Å². The molecule has 0 amide bonds. The molecule has 1 atom stereocenters. The number of rotatable bonds is 9. The van der Waals surface area contributed by atoms with Gasteiger partial charge in [0.25, 0.3) is 0 Å². The number of likely N-dealkylation sites (N-methyl/N-ethyl adjacent to an activating group) is 1. The number of benzene rings is 1. The van der Waals surface area contributed by atoms with Gasteiger partial charge in [0.1, 0.15) is 18.5 Å². The first-order chi connectivity index (χ1) is 9.52. The van der Waals surface area contributed by atoms with E-state index in [1.165, 1.54) is 5.56 Å². The summed E-state index contributed by atoms with van der Waals surface area (Å²) in [6.07, 6.45) is 0.425. The smallest absolute Gasteiger partial charge is 0.119 e. The van der Waals surface area contributed by atoms with Crippen LogP contribution in [0.5, 0.6) is 5.75 Å². The van der Waals surface area contributed by atoms with Crippen molar-refractivity contribution in [3.05, 3.63) is 29.8 Å². The fourth-order valence-electron chi connectivity index (χ4n) is 1.76. The van der Waals surface area contributed by atoms with Crippen molar-refractivity contribution in [2.24, 2.45) is 0 Å². The van der Waals surface area contributed by atoms with Crippen molar-refractivity contribution >= 4 is 0 Å². The van der Waals surface area contributed by atoms with E-state index in [4.69, 9.17) is 9.47 Å². The van der Waals surface area contributed by atoms with Crippen LogP contribution in [0.3, 0.4) is 0 Å². The molecule has 4 nitrogen and oxygen atoms in total. The third kappa shape index (κ3) is 6.37. The normalized spacial score (nSPS) is 12.9. The molecule has 1 N–H and O–H groups in total. The lowest BCUT2D eigenvalue weighted by Gasteiger charge is -2.24. The molecule has 0 aliphatic carbocycles. The van der Waals surface area contributed by atoms with E-state index in [1.54, 1.807) is 7.11 Å². The fourth-order valence-corrected chi connectivity index (χ4v) is 1.76. The van der Waals surface area contributed by atoms with Gasteiger partial charge in [-0.05, 0) is 45.0 Å². The number of nitrogens with zero attached hydrogens (tertiary/aromatic N) is 1. The highest BCUT2D eigenvalue weighted by atomic mass is 16.5. The molecule has 114 valence electrons. The van der Waals surface area contributed by atoms with Gasteiger partial charge in [-0.3, -0.25) is 0 Å². The molecule has 1 aromatic rings. The summed E-state index contributed by atoms with van der Waals surface area (Å²) in [5, 5.41) is 9.92. The first-order valence-corrected chi connectivity index (χ1v) is 7.12. The van der Waals surface area contributed by atoms with Gasteiger partial charge in [-0.1, -0.05) is 12.1 Å². The van der Waals surface area contributed by atoms with Gasteiger partial charge in [-0.25, -0.2) is 0 Å². The maximum absolute atomic E-state index is 9.92. The molecule has 1 aromatic carbocycles. The maximum atomic E-state index is 9.92. The SMILES string of the molecule is COCCc1ccc(OCC(O)CN(C)C(C)C)cc1. The van der Waals surface area contributed by atoms with Crippen LogP contribution in [0.2, 0.25) is 0 Å².